The number of carbonyl (C=O) groups excluding carboxylic acids is 1. The van der Waals surface area contributed by atoms with Gasteiger partial charge >= 0.3 is 0 Å². The number of aromatic nitrogens is 3. The topological polar surface area (TPSA) is 79.9 Å². The first-order valence-corrected chi connectivity index (χ1v) is 8.10. The normalized spacial score (nSPS) is 11.8. The third-order valence-corrected chi connectivity index (χ3v) is 3.91. The first-order chi connectivity index (χ1) is 12.0. The summed E-state index contributed by atoms with van der Waals surface area (Å²) in [5.74, 6) is 0.902. The summed E-state index contributed by atoms with van der Waals surface area (Å²) < 4.78 is 5.68. The van der Waals surface area contributed by atoms with Gasteiger partial charge in [-0.25, -0.2) is 4.98 Å². The number of H-pyrrole nitrogens is 1. The van der Waals surface area contributed by atoms with Crippen LogP contribution in [-0.2, 0) is 4.79 Å². The molecule has 3 rings (SSSR count). The molecule has 7 heteroatoms. The average molecular weight is 357 g/mol. The molecule has 1 atom stereocenters. The molecule has 0 bridgehead atoms. The van der Waals surface area contributed by atoms with Crippen molar-refractivity contribution in [3.63, 3.8) is 0 Å². The lowest BCUT2D eigenvalue weighted by atomic mass is 10.2. The maximum absolute atomic E-state index is 12.3. The summed E-state index contributed by atoms with van der Waals surface area (Å²) in [6.07, 6.45) is 0.758. The molecule has 0 spiro atoms. The monoisotopic (exact) mass is 356 g/mol. The Bertz CT molecular complexity index is 863. The highest BCUT2D eigenvalue weighted by Gasteiger charge is 2.16. The van der Waals surface area contributed by atoms with E-state index in [1.807, 2.05) is 25.1 Å². The zero-order chi connectivity index (χ0) is 17.8. The highest BCUT2D eigenvalue weighted by molar-refractivity contribution is 6.32. The number of carbonyl (C=O) groups is 1. The molecule has 0 aliphatic heterocycles. The molecule has 1 heterocycles. The number of ether oxygens (including phenoxy) is 1. The van der Waals surface area contributed by atoms with Crippen LogP contribution < -0.4 is 10.1 Å². The molecule has 2 aromatic carbocycles. The summed E-state index contributed by atoms with van der Waals surface area (Å²) in [5.41, 5.74) is 2.56. The molecular weight excluding hydrogens is 340 g/mol. The SMILES string of the molecule is Cc1ccc(Cl)c(O[C@H](C)C(=O)Nc2ccc(-c3ncn[nH]3)cc2)c1. The van der Waals surface area contributed by atoms with Crippen molar-refractivity contribution in [1.82, 2.24) is 15.2 Å². The molecule has 0 saturated carbocycles. The number of nitrogens with one attached hydrogen (secondary N) is 2. The van der Waals surface area contributed by atoms with E-state index in [9.17, 15) is 4.79 Å². The maximum atomic E-state index is 12.3. The predicted molar refractivity (Wildman–Crippen MR) is 96.7 cm³/mol. The zero-order valence-corrected chi connectivity index (χ0v) is 14.5. The number of aryl methyl sites for hydroxylation is 1. The molecular formula is C18H17ClN4O2. The number of amides is 1. The number of anilines is 1. The van der Waals surface area contributed by atoms with E-state index in [2.05, 4.69) is 20.5 Å². The van der Waals surface area contributed by atoms with Gasteiger partial charge in [0.1, 0.15) is 12.1 Å². The van der Waals surface area contributed by atoms with Gasteiger partial charge in [-0.15, -0.1) is 0 Å². The van der Waals surface area contributed by atoms with Crippen LogP contribution in [0.2, 0.25) is 5.02 Å². The number of hydrogen-bond acceptors (Lipinski definition) is 4. The van der Waals surface area contributed by atoms with Gasteiger partial charge in [0.15, 0.2) is 11.9 Å². The number of rotatable bonds is 5. The highest BCUT2D eigenvalue weighted by atomic mass is 35.5. The molecule has 1 amide bonds. The van der Waals surface area contributed by atoms with Crippen LogP contribution >= 0.6 is 11.6 Å². The van der Waals surface area contributed by atoms with Crippen molar-refractivity contribution in [1.29, 1.82) is 0 Å². The maximum Gasteiger partial charge on any atom is 0.265 e. The lowest BCUT2D eigenvalue weighted by Gasteiger charge is -2.16. The second kappa shape index (κ2) is 7.36. The van der Waals surface area contributed by atoms with Gasteiger partial charge in [-0.3, -0.25) is 9.89 Å². The third-order valence-electron chi connectivity index (χ3n) is 3.60. The Hall–Kier alpha value is -2.86. The molecule has 25 heavy (non-hydrogen) atoms. The summed E-state index contributed by atoms with van der Waals surface area (Å²) >= 11 is 6.10. The van der Waals surface area contributed by atoms with Gasteiger partial charge < -0.3 is 10.1 Å². The van der Waals surface area contributed by atoms with Crippen LogP contribution in [0.5, 0.6) is 5.75 Å². The molecule has 0 radical (unpaired) electrons. The van der Waals surface area contributed by atoms with E-state index < -0.39 is 6.10 Å². The smallest absolute Gasteiger partial charge is 0.265 e. The molecule has 3 aromatic rings. The van der Waals surface area contributed by atoms with Crippen LogP contribution in [0, 0.1) is 6.92 Å². The molecule has 0 fully saturated rings. The second-order valence-electron chi connectivity index (χ2n) is 5.59. The fourth-order valence-corrected chi connectivity index (χ4v) is 2.41. The Morgan fingerprint density at radius 3 is 2.68 bits per heavy atom. The van der Waals surface area contributed by atoms with Crippen molar-refractivity contribution in [2.24, 2.45) is 0 Å². The van der Waals surface area contributed by atoms with Crippen molar-refractivity contribution in [2.75, 3.05) is 5.32 Å². The van der Waals surface area contributed by atoms with Crippen LogP contribution in [0.3, 0.4) is 0 Å². The largest absolute Gasteiger partial charge is 0.479 e. The standard InChI is InChI=1S/C18H17ClN4O2/c1-11-3-8-15(19)16(9-11)25-12(2)18(24)22-14-6-4-13(5-7-14)17-20-10-21-23-17/h3-10,12H,1-2H3,(H,22,24)(H,20,21,23)/t12-/m1/s1. The summed E-state index contributed by atoms with van der Waals surface area (Å²) in [5, 5.41) is 9.89. The van der Waals surface area contributed by atoms with E-state index in [4.69, 9.17) is 16.3 Å². The van der Waals surface area contributed by atoms with Gasteiger partial charge in [-0.05, 0) is 55.8 Å². The number of halogens is 1. The zero-order valence-electron chi connectivity index (χ0n) is 13.8. The Balaban J connectivity index is 1.64. The first kappa shape index (κ1) is 17.0. The molecule has 0 saturated heterocycles. The van der Waals surface area contributed by atoms with Gasteiger partial charge in [0.25, 0.3) is 5.91 Å². The summed E-state index contributed by atoms with van der Waals surface area (Å²) in [6, 6.07) is 12.7. The van der Waals surface area contributed by atoms with E-state index >= 15 is 0 Å². The third kappa shape index (κ3) is 4.16. The fourth-order valence-electron chi connectivity index (χ4n) is 2.24. The summed E-state index contributed by atoms with van der Waals surface area (Å²) in [6.45, 7) is 3.61. The minimum Gasteiger partial charge on any atom is -0.479 e. The van der Waals surface area contributed by atoms with E-state index in [-0.39, 0.29) is 5.91 Å². The molecule has 1 aromatic heterocycles. The quantitative estimate of drug-likeness (QED) is 0.727. The van der Waals surface area contributed by atoms with Crippen molar-refractivity contribution in [3.05, 3.63) is 59.4 Å². The second-order valence-corrected chi connectivity index (χ2v) is 6.00. The Labute approximate surface area is 150 Å². The lowest BCUT2D eigenvalue weighted by Crippen LogP contribution is -2.30. The number of aromatic amines is 1. The molecule has 0 aliphatic rings. The van der Waals surface area contributed by atoms with E-state index in [0.717, 1.165) is 11.1 Å². The van der Waals surface area contributed by atoms with Crippen molar-refractivity contribution < 1.29 is 9.53 Å². The Kier molecular flexibility index (Phi) is 5.00. The number of hydrogen-bond donors (Lipinski definition) is 2. The minimum absolute atomic E-state index is 0.259. The average Bonchev–Trinajstić information content (AvgIpc) is 3.13. The Morgan fingerprint density at radius 2 is 2.00 bits per heavy atom. The summed E-state index contributed by atoms with van der Waals surface area (Å²) in [4.78, 5) is 16.4. The van der Waals surface area contributed by atoms with E-state index in [1.165, 1.54) is 6.33 Å². The van der Waals surface area contributed by atoms with Crippen LogP contribution in [0.4, 0.5) is 5.69 Å². The van der Waals surface area contributed by atoms with Gasteiger partial charge in [0.2, 0.25) is 0 Å². The lowest BCUT2D eigenvalue weighted by molar-refractivity contribution is -0.122. The van der Waals surface area contributed by atoms with Crippen molar-refractivity contribution >= 4 is 23.2 Å². The molecule has 0 aliphatic carbocycles. The van der Waals surface area contributed by atoms with E-state index in [1.54, 1.807) is 31.2 Å². The minimum atomic E-state index is -0.687. The van der Waals surface area contributed by atoms with Gasteiger partial charge in [-0.1, -0.05) is 17.7 Å². The predicted octanol–water partition coefficient (Wildman–Crippen LogP) is 3.84. The molecule has 2 N–H and O–H groups in total. The number of nitrogens with zero attached hydrogens (tertiary/aromatic N) is 2. The number of benzene rings is 2. The molecule has 128 valence electrons. The first-order valence-electron chi connectivity index (χ1n) is 7.72. The summed E-state index contributed by atoms with van der Waals surface area (Å²) in [7, 11) is 0. The van der Waals surface area contributed by atoms with Crippen LogP contribution in [0.1, 0.15) is 12.5 Å². The van der Waals surface area contributed by atoms with Gasteiger partial charge in [0.05, 0.1) is 5.02 Å². The van der Waals surface area contributed by atoms with Gasteiger partial charge in [0, 0.05) is 11.3 Å². The molecule has 6 nitrogen and oxygen atoms in total. The Morgan fingerprint density at radius 1 is 1.24 bits per heavy atom. The highest BCUT2D eigenvalue weighted by Crippen LogP contribution is 2.26. The van der Waals surface area contributed by atoms with Gasteiger partial charge in [-0.2, -0.15) is 5.10 Å². The van der Waals surface area contributed by atoms with Crippen LogP contribution in [0.25, 0.3) is 11.4 Å². The van der Waals surface area contributed by atoms with Crippen molar-refractivity contribution in [2.45, 2.75) is 20.0 Å². The fraction of sp³-hybridized carbons (Fsp3) is 0.167. The van der Waals surface area contributed by atoms with Crippen LogP contribution in [0.15, 0.2) is 48.8 Å². The van der Waals surface area contributed by atoms with E-state index in [0.29, 0.717) is 22.3 Å². The van der Waals surface area contributed by atoms with Crippen molar-refractivity contribution in [3.8, 4) is 17.1 Å². The van der Waals surface area contributed by atoms with Crippen LogP contribution in [-0.4, -0.2) is 27.2 Å². The molecule has 0 unspecified atom stereocenters.